The Morgan fingerprint density at radius 1 is 1.19 bits per heavy atom. The highest BCUT2D eigenvalue weighted by Gasteiger charge is 2.21. The normalized spacial score (nSPS) is 14.2. The van der Waals surface area contributed by atoms with Crippen LogP contribution in [0.4, 0.5) is 5.95 Å². The van der Waals surface area contributed by atoms with Gasteiger partial charge in [0.2, 0.25) is 5.95 Å². The largest absolute Gasteiger partial charge is 0.368 e. The maximum absolute atomic E-state index is 12.6. The summed E-state index contributed by atoms with van der Waals surface area (Å²) in [5.41, 5.74) is 8.79. The van der Waals surface area contributed by atoms with E-state index < -0.39 is 0 Å². The fourth-order valence-electron chi connectivity index (χ4n) is 3.06. The van der Waals surface area contributed by atoms with Gasteiger partial charge in [0.1, 0.15) is 5.82 Å². The number of benzene rings is 1. The average Bonchev–Trinajstić information content (AvgIpc) is 2.64. The molecule has 0 saturated carbocycles. The van der Waals surface area contributed by atoms with Crippen LogP contribution in [0.3, 0.4) is 0 Å². The summed E-state index contributed by atoms with van der Waals surface area (Å²) in [6, 6.07) is 7.27. The third-order valence-electron chi connectivity index (χ3n) is 4.40. The number of nitrogen functional groups attached to an aromatic ring is 1. The SMILES string of the molecule is Nc1ncc(CN2CCc3nc(-c4ccc(Cl)cc4)[nH]c(=O)c3C2)cn1. The standard InChI is InChI=1S/C18H17ClN6O/c19-13-3-1-12(2-4-13)16-23-15-5-6-25(10-14(15)17(26)24-16)9-11-7-21-18(20)22-8-11/h1-4,7-8H,5-6,9-10H2,(H2,20,21,22)(H,23,24,26). The number of aromatic nitrogens is 4. The molecule has 0 unspecified atom stereocenters. The van der Waals surface area contributed by atoms with Crippen LogP contribution in [0.2, 0.25) is 5.02 Å². The van der Waals surface area contributed by atoms with Gasteiger partial charge in [-0.1, -0.05) is 11.6 Å². The number of anilines is 1. The second-order valence-corrected chi connectivity index (χ2v) is 6.69. The molecule has 3 aromatic rings. The number of nitrogens with two attached hydrogens (primary N) is 1. The van der Waals surface area contributed by atoms with E-state index in [1.54, 1.807) is 24.5 Å². The fraction of sp³-hybridized carbons (Fsp3) is 0.222. The van der Waals surface area contributed by atoms with Crippen LogP contribution in [0.5, 0.6) is 0 Å². The van der Waals surface area contributed by atoms with Gasteiger partial charge in [-0.15, -0.1) is 0 Å². The van der Waals surface area contributed by atoms with Crippen molar-refractivity contribution >= 4 is 17.5 Å². The number of fused-ring (bicyclic) bond motifs is 1. The molecule has 132 valence electrons. The van der Waals surface area contributed by atoms with E-state index in [2.05, 4.69) is 24.8 Å². The third-order valence-corrected chi connectivity index (χ3v) is 4.65. The van der Waals surface area contributed by atoms with E-state index in [9.17, 15) is 4.79 Å². The molecule has 4 rings (SSSR count). The molecule has 0 amide bonds. The van der Waals surface area contributed by atoms with Crippen molar-refractivity contribution in [1.29, 1.82) is 0 Å². The molecule has 8 heteroatoms. The van der Waals surface area contributed by atoms with Crippen LogP contribution < -0.4 is 11.3 Å². The molecule has 1 aliphatic rings. The first kappa shape index (κ1) is 16.7. The van der Waals surface area contributed by atoms with Crippen LogP contribution in [-0.2, 0) is 19.5 Å². The number of nitrogens with zero attached hydrogens (tertiary/aromatic N) is 4. The minimum atomic E-state index is -0.0989. The summed E-state index contributed by atoms with van der Waals surface area (Å²) in [5.74, 6) is 0.832. The quantitative estimate of drug-likeness (QED) is 0.733. The second kappa shape index (κ2) is 6.86. The van der Waals surface area contributed by atoms with Crippen LogP contribution in [-0.4, -0.2) is 31.4 Å². The van der Waals surface area contributed by atoms with Gasteiger partial charge in [-0.25, -0.2) is 15.0 Å². The van der Waals surface area contributed by atoms with Gasteiger partial charge >= 0.3 is 0 Å². The predicted molar refractivity (Wildman–Crippen MR) is 99.6 cm³/mol. The number of rotatable bonds is 3. The molecule has 0 saturated heterocycles. The smallest absolute Gasteiger partial charge is 0.255 e. The summed E-state index contributed by atoms with van der Waals surface area (Å²) in [7, 11) is 0. The molecule has 7 nitrogen and oxygen atoms in total. The highest BCUT2D eigenvalue weighted by Crippen LogP contribution is 2.21. The van der Waals surface area contributed by atoms with Crippen LogP contribution in [0.15, 0.2) is 41.5 Å². The number of hydrogen-bond donors (Lipinski definition) is 2. The lowest BCUT2D eigenvalue weighted by molar-refractivity contribution is 0.241. The number of hydrogen-bond acceptors (Lipinski definition) is 6. The first-order valence-electron chi connectivity index (χ1n) is 8.25. The Kier molecular flexibility index (Phi) is 4.40. The Morgan fingerprint density at radius 3 is 2.65 bits per heavy atom. The molecule has 2 aromatic heterocycles. The molecule has 0 fully saturated rings. The van der Waals surface area contributed by atoms with Crippen molar-refractivity contribution in [1.82, 2.24) is 24.8 Å². The maximum atomic E-state index is 12.6. The van der Waals surface area contributed by atoms with Crippen LogP contribution in [0.1, 0.15) is 16.8 Å². The molecular formula is C18H17ClN6O. The Balaban J connectivity index is 1.57. The number of nitrogens with one attached hydrogen (secondary N) is 1. The van der Waals surface area contributed by atoms with E-state index in [4.69, 9.17) is 17.3 Å². The van der Waals surface area contributed by atoms with Crippen LogP contribution >= 0.6 is 11.6 Å². The molecule has 26 heavy (non-hydrogen) atoms. The van der Waals surface area contributed by atoms with Gasteiger partial charge in [-0.05, 0) is 24.3 Å². The van der Waals surface area contributed by atoms with Gasteiger partial charge in [0.25, 0.3) is 5.56 Å². The van der Waals surface area contributed by atoms with Crippen molar-refractivity contribution in [2.75, 3.05) is 12.3 Å². The van der Waals surface area contributed by atoms with Crippen molar-refractivity contribution in [3.8, 4) is 11.4 Å². The Bertz CT molecular complexity index is 984. The van der Waals surface area contributed by atoms with Crippen molar-refractivity contribution in [2.45, 2.75) is 19.5 Å². The fourth-order valence-corrected chi connectivity index (χ4v) is 3.19. The maximum Gasteiger partial charge on any atom is 0.255 e. The lowest BCUT2D eigenvalue weighted by Crippen LogP contribution is -2.35. The average molecular weight is 369 g/mol. The molecule has 1 aliphatic heterocycles. The summed E-state index contributed by atoms with van der Waals surface area (Å²) in [5, 5.41) is 0.649. The second-order valence-electron chi connectivity index (χ2n) is 6.26. The first-order chi connectivity index (χ1) is 12.6. The minimum Gasteiger partial charge on any atom is -0.368 e. The Labute approximate surface area is 154 Å². The van der Waals surface area contributed by atoms with E-state index in [1.165, 1.54) is 0 Å². The molecule has 3 heterocycles. The monoisotopic (exact) mass is 368 g/mol. The number of halogens is 1. The van der Waals surface area contributed by atoms with Crippen molar-refractivity contribution < 1.29 is 0 Å². The van der Waals surface area contributed by atoms with E-state index in [0.29, 0.717) is 29.5 Å². The first-order valence-corrected chi connectivity index (χ1v) is 8.63. The number of aromatic amines is 1. The van der Waals surface area contributed by atoms with Gasteiger partial charge in [-0.3, -0.25) is 9.69 Å². The van der Waals surface area contributed by atoms with E-state index in [-0.39, 0.29) is 11.5 Å². The molecule has 0 atom stereocenters. The predicted octanol–water partition coefficient (Wildman–Crippen LogP) is 2.02. The molecule has 3 N–H and O–H groups in total. The van der Waals surface area contributed by atoms with E-state index in [1.807, 2.05) is 12.1 Å². The number of H-pyrrole nitrogens is 1. The van der Waals surface area contributed by atoms with Gasteiger partial charge in [-0.2, -0.15) is 0 Å². The van der Waals surface area contributed by atoms with E-state index >= 15 is 0 Å². The zero-order chi connectivity index (χ0) is 18.1. The van der Waals surface area contributed by atoms with Crippen molar-refractivity contribution in [2.24, 2.45) is 0 Å². The summed E-state index contributed by atoms with van der Waals surface area (Å²) in [6.07, 6.45) is 4.14. The third kappa shape index (κ3) is 3.44. The van der Waals surface area contributed by atoms with Crippen molar-refractivity contribution in [3.05, 3.63) is 68.9 Å². The molecule has 0 bridgehead atoms. The van der Waals surface area contributed by atoms with Gasteiger partial charge in [0, 0.05) is 54.6 Å². The van der Waals surface area contributed by atoms with Crippen LogP contribution in [0, 0.1) is 0 Å². The summed E-state index contributed by atoms with van der Waals surface area (Å²) in [6.45, 7) is 2.02. The summed E-state index contributed by atoms with van der Waals surface area (Å²) in [4.78, 5) is 30.3. The highest BCUT2D eigenvalue weighted by atomic mass is 35.5. The lowest BCUT2D eigenvalue weighted by Gasteiger charge is -2.27. The molecule has 1 aromatic carbocycles. The lowest BCUT2D eigenvalue weighted by atomic mass is 10.1. The topological polar surface area (TPSA) is 101 Å². The zero-order valence-electron chi connectivity index (χ0n) is 13.9. The van der Waals surface area contributed by atoms with Gasteiger partial charge in [0.15, 0.2) is 0 Å². The van der Waals surface area contributed by atoms with Crippen LogP contribution in [0.25, 0.3) is 11.4 Å². The molecule has 0 radical (unpaired) electrons. The zero-order valence-corrected chi connectivity index (χ0v) is 14.7. The minimum absolute atomic E-state index is 0.0989. The molecular weight excluding hydrogens is 352 g/mol. The summed E-state index contributed by atoms with van der Waals surface area (Å²) < 4.78 is 0. The Morgan fingerprint density at radius 2 is 1.92 bits per heavy atom. The van der Waals surface area contributed by atoms with E-state index in [0.717, 1.165) is 29.8 Å². The van der Waals surface area contributed by atoms with Gasteiger partial charge in [0.05, 0.1) is 11.3 Å². The van der Waals surface area contributed by atoms with Crippen molar-refractivity contribution in [3.63, 3.8) is 0 Å². The highest BCUT2D eigenvalue weighted by molar-refractivity contribution is 6.30. The molecule has 0 aliphatic carbocycles. The molecule has 0 spiro atoms. The van der Waals surface area contributed by atoms with Gasteiger partial charge < -0.3 is 10.7 Å². The Hall–Kier alpha value is -2.77. The summed E-state index contributed by atoms with van der Waals surface area (Å²) >= 11 is 5.92.